The number of benzene rings is 2. The minimum Gasteiger partial charge on any atom is -0.454 e. The van der Waals surface area contributed by atoms with E-state index in [1.54, 1.807) is 19.9 Å². The Morgan fingerprint density at radius 1 is 1.07 bits per heavy atom. The molecule has 0 heterocycles. The smallest absolute Gasteiger partial charge is 0.329 e. The molecule has 2 rings (SSSR count). The van der Waals surface area contributed by atoms with E-state index in [1.807, 2.05) is 30.3 Å². The van der Waals surface area contributed by atoms with E-state index in [9.17, 15) is 18.8 Å². The van der Waals surface area contributed by atoms with E-state index in [0.29, 0.717) is 4.47 Å². The monoisotopic (exact) mass is 464 g/mol. The average molecular weight is 465 g/mol. The van der Waals surface area contributed by atoms with Crippen molar-refractivity contribution in [2.24, 2.45) is 5.92 Å². The zero-order valence-electron chi connectivity index (χ0n) is 16.1. The molecule has 0 saturated heterocycles. The molecule has 0 aliphatic carbocycles. The molecule has 0 fully saturated rings. The molecule has 2 aromatic carbocycles. The minimum atomic E-state index is -0.900. The standard InChI is InChI=1S/C21H22BrFN2O4/c1-13(2)20(25-18(26)10-14-6-4-3-5-7-14)21(28)29-12-19(27)24-17-9-8-15(22)11-16(17)23/h3-9,11,13,20H,10,12H2,1-2H3,(H,24,27)(H,25,26)/t20-/m0/s1. The van der Waals surface area contributed by atoms with Gasteiger partial charge in [0.25, 0.3) is 5.91 Å². The summed E-state index contributed by atoms with van der Waals surface area (Å²) in [7, 11) is 0. The van der Waals surface area contributed by atoms with Gasteiger partial charge in [0.05, 0.1) is 12.1 Å². The van der Waals surface area contributed by atoms with Crippen molar-refractivity contribution < 1.29 is 23.5 Å². The van der Waals surface area contributed by atoms with E-state index in [4.69, 9.17) is 4.74 Å². The van der Waals surface area contributed by atoms with E-state index in [1.165, 1.54) is 12.1 Å². The molecular formula is C21H22BrFN2O4. The number of hydrogen-bond acceptors (Lipinski definition) is 4. The molecule has 154 valence electrons. The summed E-state index contributed by atoms with van der Waals surface area (Å²) >= 11 is 3.13. The Balaban J connectivity index is 1.88. The summed E-state index contributed by atoms with van der Waals surface area (Å²) in [5.74, 6) is -2.60. The van der Waals surface area contributed by atoms with Gasteiger partial charge in [-0.2, -0.15) is 0 Å². The molecule has 2 aromatic rings. The Labute approximate surface area is 177 Å². The van der Waals surface area contributed by atoms with Crippen LogP contribution in [0.25, 0.3) is 0 Å². The third kappa shape index (κ3) is 7.30. The van der Waals surface area contributed by atoms with E-state index >= 15 is 0 Å². The van der Waals surface area contributed by atoms with Gasteiger partial charge >= 0.3 is 5.97 Å². The predicted molar refractivity (Wildman–Crippen MR) is 111 cm³/mol. The molecule has 0 aromatic heterocycles. The molecule has 0 bridgehead atoms. The quantitative estimate of drug-likeness (QED) is 0.585. The first-order valence-electron chi connectivity index (χ1n) is 9.01. The van der Waals surface area contributed by atoms with Crippen LogP contribution >= 0.6 is 15.9 Å². The van der Waals surface area contributed by atoms with Crippen LogP contribution in [0.2, 0.25) is 0 Å². The number of halogens is 2. The average Bonchev–Trinajstić information content (AvgIpc) is 2.67. The number of amides is 2. The van der Waals surface area contributed by atoms with E-state index in [2.05, 4.69) is 26.6 Å². The van der Waals surface area contributed by atoms with Gasteiger partial charge in [-0.05, 0) is 29.7 Å². The van der Waals surface area contributed by atoms with Gasteiger partial charge in [0.1, 0.15) is 11.9 Å². The van der Waals surface area contributed by atoms with Crippen molar-refractivity contribution in [1.29, 1.82) is 0 Å². The fraction of sp³-hybridized carbons (Fsp3) is 0.286. The highest BCUT2D eigenvalue weighted by atomic mass is 79.9. The van der Waals surface area contributed by atoms with Gasteiger partial charge in [0.2, 0.25) is 5.91 Å². The largest absolute Gasteiger partial charge is 0.454 e. The Hall–Kier alpha value is -2.74. The Morgan fingerprint density at radius 3 is 2.38 bits per heavy atom. The molecule has 0 unspecified atom stereocenters. The number of carbonyl (C=O) groups is 3. The maximum Gasteiger partial charge on any atom is 0.329 e. The second kappa shape index (κ2) is 10.7. The van der Waals surface area contributed by atoms with Crippen molar-refractivity contribution in [2.75, 3.05) is 11.9 Å². The predicted octanol–water partition coefficient (Wildman–Crippen LogP) is 3.45. The lowest BCUT2D eigenvalue weighted by atomic mass is 10.0. The van der Waals surface area contributed by atoms with Crippen LogP contribution in [0.3, 0.4) is 0 Å². The first-order valence-corrected chi connectivity index (χ1v) is 9.80. The van der Waals surface area contributed by atoms with Gasteiger partial charge in [-0.25, -0.2) is 9.18 Å². The van der Waals surface area contributed by atoms with Crippen molar-refractivity contribution in [3.63, 3.8) is 0 Å². The van der Waals surface area contributed by atoms with Gasteiger partial charge < -0.3 is 15.4 Å². The van der Waals surface area contributed by atoms with Crippen LogP contribution in [-0.2, 0) is 25.5 Å². The first-order chi connectivity index (χ1) is 13.8. The maximum absolute atomic E-state index is 13.8. The Morgan fingerprint density at radius 2 is 1.76 bits per heavy atom. The van der Waals surface area contributed by atoms with Crippen LogP contribution in [0.1, 0.15) is 19.4 Å². The second-order valence-electron chi connectivity index (χ2n) is 6.73. The minimum absolute atomic E-state index is 0.0224. The Kier molecular flexibility index (Phi) is 8.33. The summed E-state index contributed by atoms with van der Waals surface area (Å²) in [5.41, 5.74) is 0.794. The van der Waals surface area contributed by atoms with Gasteiger partial charge in [-0.3, -0.25) is 9.59 Å². The number of ether oxygens (including phenoxy) is 1. The molecule has 29 heavy (non-hydrogen) atoms. The summed E-state index contributed by atoms with van der Waals surface area (Å²) in [4.78, 5) is 36.5. The zero-order chi connectivity index (χ0) is 21.4. The van der Waals surface area contributed by atoms with Crippen molar-refractivity contribution in [2.45, 2.75) is 26.3 Å². The number of carbonyl (C=O) groups excluding carboxylic acids is 3. The lowest BCUT2D eigenvalue weighted by Gasteiger charge is -2.20. The van der Waals surface area contributed by atoms with Gasteiger partial charge in [-0.1, -0.05) is 60.1 Å². The second-order valence-corrected chi connectivity index (χ2v) is 7.65. The molecule has 8 heteroatoms. The summed E-state index contributed by atoms with van der Waals surface area (Å²) < 4.78 is 19.3. The molecule has 2 N–H and O–H groups in total. The maximum atomic E-state index is 13.8. The SMILES string of the molecule is CC(C)[C@H](NC(=O)Cc1ccccc1)C(=O)OCC(=O)Nc1ccc(Br)cc1F. The number of anilines is 1. The van der Waals surface area contributed by atoms with Crippen molar-refractivity contribution >= 4 is 39.4 Å². The summed E-state index contributed by atoms with van der Waals surface area (Å²) in [6.45, 7) is 2.92. The molecule has 1 atom stereocenters. The molecule has 0 radical (unpaired) electrons. The van der Waals surface area contributed by atoms with Gasteiger partial charge in [-0.15, -0.1) is 0 Å². The van der Waals surface area contributed by atoms with Crippen LogP contribution < -0.4 is 10.6 Å². The number of hydrogen-bond donors (Lipinski definition) is 2. The fourth-order valence-electron chi connectivity index (χ4n) is 2.51. The third-order valence-corrected chi connectivity index (χ3v) is 4.49. The normalized spacial score (nSPS) is 11.6. The molecule has 0 aliphatic rings. The molecule has 0 saturated carbocycles. The summed E-state index contributed by atoms with van der Waals surface area (Å²) in [6, 6.07) is 12.4. The first kappa shape index (κ1) is 22.5. The van der Waals surface area contributed by atoms with E-state index in [0.717, 1.165) is 5.56 Å². The van der Waals surface area contributed by atoms with Crippen molar-refractivity contribution in [3.05, 3.63) is 64.4 Å². The highest BCUT2D eigenvalue weighted by Crippen LogP contribution is 2.19. The lowest BCUT2D eigenvalue weighted by molar-refractivity contribution is -0.151. The summed E-state index contributed by atoms with van der Waals surface area (Å²) in [5, 5.41) is 4.98. The van der Waals surface area contributed by atoms with Gasteiger partial charge in [0, 0.05) is 4.47 Å². The van der Waals surface area contributed by atoms with Crippen LogP contribution in [0.4, 0.5) is 10.1 Å². The third-order valence-electron chi connectivity index (χ3n) is 4.00. The zero-order valence-corrected chi connectivity index (χ0v) is 17.7. The highest BCUT2D eigenvalue weighted by Gasteiger charge is 2.26. The Bertz CT molecular complexity index is 874. The van der Waals surface area contributed by atoms with Crippen LogP contribution in [0, 0.1) is 11.7 Å². The van der Waals surface area contributed by atoms with Crippen LogP contribution in [0.15, 0.2) is 53.0 Å². The lowest BCUT2D eigenvalue weighted by Crippen LogP contribution is -2.46. The van der Waals surface area contributed by atoms with E-state index < -0.39 is 30.3 Å². The van der Waals surface area contributed by atoms with Crippen molar-refractivity contribution in [3.8, 4) is 0 Å². The topological polar surface area (TPSA) is 84.5 Å². The van der Waals surface area contributed by atoms with Crippen LogP contribution in [-0.4, -0.2) is 30.4 Å². The number of esters is 1. The fourth-order valence-corrected chi connectivity index (χ4v) is 2.84. The van der Waals surface area contributed by atoms with Gasteiger partial charge in [0.15, 0.2) is 6.61 Å². The van der Waals surface area contributed by atoms with Crippen molar-refractivity contribution in [1.82, 2.24) is 5.32 Å². The molecule has 6 nitrogen and oxygen atoms in total. The summed E-state index contributed by atoms with van der Waals surface area (Å²) in [6.07, 6.45) is 0.126. The van der Waals surface area contributed by atoms with Crippen LogP contribution in [0.5, 0.6) is 0 Å². The molecule has 2 amide bonds. The molecule has 0 spiro atoms. The molecular weight excluding hydrogens is 443 g/mol. The molecule has 0 aliphatic heterocycles. The number of nitrogens with one attached hydrogen (secondary N) is 2. The highest BCUT2D eigenvalue weighted by molar-refractivity contribution is 9.10. The number of rotatable bonds is 8. The van der Waals surface area contributed by atoms with E-state index in [-0.39, 0.29) is 23.9 Å².